The van der Waals surface area contributed by atoms with E-state index in [9.17, 15) is 5.11 Å². The quantitative estimate of drug-likeness (QED) is 0.580. The first-order chi connectivity index (χ1) is 13.1. The summed E-state index contributed by atoms with van der Waals surface area (Å²) in [6.07, 6.45) is 3.00. The van der Waals surface area contributed by atoms with Gasteiger partial charge in [0.1, 0.15) is 18.5 Å². The summed E-state index contributed by atoms with van der Waals surface area (Å²) in [7, 11) is 0. The van der Waals surface area contributed by atoms with Gasteiger partial charge in [-0.3, -0.25) is 0 Å². The van der Waals surface area contributed by atoms with Crippen molar-refractivity contribution >= 4 is 18.0 Å². The van der Waals surface area contributed by atoms with Gasteiger partial charge in [-0.1, -0.05) is 42.5 Å². The number of aliphatic hydroxyl groups is 1. The van der Waals surface area contributed by atoms with Crippen LogP contribution in [-0.2, 0) is 6.42 Å². The van der Waals surface area contributed by atoms with Crippen molar-refractivity contribution in [3.05, 3.63) is 71.8 Å². The molecule has 0 amide bonds. The first kappa shape index (κ1) is 23.7. The molecule has 0 saturated carbocycles. The molecule has 2 rings (SSSR count). The highest BCUT2D eigenvalue weighted by molar-refractivity contribution is 5.85. The highest BCUT2D eigenvalue weighted by atomic mass is 35.5. The van der Waals surface area contributed by atoms with Crippen LogP contribution in [-0.4, -0.2) is 30.4 Å². The monoisotopic (exact) mass is 400 g/mol. The summed E-state index contributed by atoms with van der Waals surface area (Å²) in [5, 5.41) is 22.2. The summed E-state index contributed by atoms with van der Waals surface area (Å²) in [4.78, 5) is 0. The smallest absolute Gasteiger partial charge is 0.119 e. The minimum Gasteiger partial charge on any atom is -0.491 e. The summed E-state index contributed by atoms with van der Waals surface area (Å²) < 4.78 is 5.65. The molecular formula is C23H29ClN2O2. The second-order valence-corrected chi connectivity index (χ2v) is 6.78. The highest BCUT2D eigenvalue weighted by Gasteiger charge is 2.08. The van der Waals surface area contributed by atoms with E-state index in [4.69, 9.17) is 10.00 Å². The molecule has 2 aromatic carbocycles. The number of allylic oxidation sites excluding steroid dienone is 2. The van der Waals surface area contributed by atoms with Crippen LogP contribution in [0.3, 0.4) is 0 Å². The van der Waals surface area contributed by atoms with Crippen LogP contribution >= 0.6 is 12.4 Å². The van der Waals surface area contributed by atoms with Crippen molar-refractivity contribution in [3.63, 3.8) is 0 Å². The first-order valence-electron chi connectivity index (χ1n) is 9.33. The number of rotatable bonds is 10. The topological polar surface area (TPSA) is 65.3 Å². The van der Waals surface area contributed by atoms with Crippen LogP contribution in [0.5, 0.6) is 5.75 Å². The van der Waals surface area contributed by atoms with Crippen LogP contribution < -0.4 is 10.1 Å². The van der Waals surface area contributed by atoms with Gasteiger partial charge in [0.15, 0.2) is 0 Å². The second kappa shape index (κ2) is 13.0. The average Bonchev–Trinajstić information content (AvgIpc) is 2.70. The Hall–Kier alpha value is -2.32. The van der Waals surface area contributed by atoms with Crippen LogP contribution in [0, 0.1) is 11.3 Å². The van der Waals surface area contributed by atoms with Crippen molar-refractivity contribution in [1.29, 1.82) is 5.26 Å². The maximum atomic E-state index is 10.1. The predicted molar refractivity (Wildman–Crippen MR) is 117 cm³/mol. The van der Waals surface area contributed by atoms with Gasteiger partial charge in [0.25, 0.3) is 0 Å². The molecule has 2 aromatic rings. The normalized spacial score (nSPS) is 13.1. The summed E-state index contributed by atoms with van der Waals surface area (Å²) in [5.41, 5.74) is 3.23. The molecule has 0 aliphatic rings. The Bertz CT molecular complexity index is 754. The van der Waals surface area contributed by atoms with E-state index in [1.54, 1.807) is 0 Å². The number of benzene rings is 2. The minimum atomic E-state index is -0.566. The van der Waals surface area contributed by atoms with Crippen LogP contribution in [0.2, 0.25) is 0 Å². The number of ether oxygens (including phenoxy) is 1. The van der Waals surface area contributed by atoms with Crippen LogP contribution in [0.15, 0.2) is 60.7 Å². The fraction of sp³-hybridized carbons (Fsp3) is 0.348. The van der Waals surface area contributed by atoms with Crippen LogP contribution in [0.25, 0.3) is 5.57 Å². The van der Waals surface area contributed by atoms with Gasteiger partial charge in [-0.15, -0.1) is 12.4 Å². The SMILES string of the molecule is C/C(=C/C#N)c1ccc(OCC(O)CNC(C)CCc2ccccc2)cc1.Cl. The van der Waals surface area contributed by atoms with Gasteiger partial charge in [-0.2, -0.15) is 5.26 Å². The molecule has 2 N–H and O–H groups in total. The molecule has 0 aliphatic carbocycles. The van der Waals surface area contributed by atoms with E-state index in [0.717, 1.165) is 24.0 Å². The number of halogens is 1. The van der Waals surface area contributed by atoms with Gasteiger partial charge in [0.05, 0.1) is 6.07 Å². The van der Waals surface area contributed by atoms with Crippen molar-refractivity contribution in [2.24, 2.45) is 0 Å². The van der Waals surface area contributed by atoms with Gasteiger partial charge >= 0.3 is 0 Å². The average molecular weight is 401 g/mol. The lowest BCUT2D eigenvalue weighted by molar-refractivity contribution is 0.104. The third-order valence-corrected chi connectivity index (χ3v) is 4.44. The molecule has 0 heterocycles. The molecule has 0 aromatic heterocycles. The summed E-state index contributed by atoms with van der Waals surface area (Å²) in [6, 6.07) is 20.3. The molecule has 0 aliphatic heterocycles. The fourth-order valence-corrected chi connectivity index (χ4v) is 2.71. The van der Waals surface area contributed by atoms with Gasteiger partial charge in [-0.25, -0.2) is 0 Å². The lowest BCUT2D eigenvalue weighted by atomic mass is 10.1. The van der Waals surface area contributed by atoms with Gasteiger partial charge in [0, 0.05) is 18.7 Å². The largest absolute Gasteiger partial charge is 0.491 e. The minimum absolute atomic E-state index is 0. The molecule has 0 saturated heterocycles. The molecular weight excluding hydrogens is 372 g/mol. The molecule has 0 bridgehead atoms. The zero-order valence-corrected chi connectivity index (χ0v) is 17.3. The van der Waals surface area contributed by atoms with Gasteiger partial charge in [0.2, 0.25) is 0 Å². The molecule has 28 heavy (non-hydrogen) atoms. The third kappa shape index (κ3) is 8.58. The van der Waals surface area contributed by atoms with Crippen molar-refractivity contribution in [2.45, 2.75) is 38.8 Å². The number of nitriles is 1. The van der Waals surface area contributed by atoms with E-state index in [2.05, 4.69) is 36.5 Å². The molecule has 150 valence electrons. The number of hydrogen-bond acceptors (Lipinski definition) is 4. The molecule has 2 unspecified atom stereocenters. The van der Waals surface area contributed by atoms with E-state index >= 15 is 0 Å². The molecule has 0 spiro atoms. The highest BCUT2D eigenvalue weighted by Crippen LogP contribution is 2.18. The van der Waals surface area contributed by atoms with Crippen LogP contribution in [0.1, 0.15) is 31.4 Å². The number of nitrogens with one attached hydrogen (secondary N) is 1. The Morgan fingerprint density at radius 1 is 1.18 bits per heavy atom. The predicted octanol–water partition coefficient (Wildman–Crippen LogP) is 4.39. The molecule has 0 radical (unpaired) electrons. The molecule has 2 atom stereocenters. The summed E-state index contributed by atoms with van der Waals surface area (Å²) >= 11 is 0. The zero-order valence-electron chi connectivity index (χ0n) is 16.5. The van der Waals surface area contributed by atoms with E-state index in [0.29, 0.717) is 18.3 Å². The maximum absolute atomic E-state index is 10.1. The summed E-state index contributed by atoms with van der Waals surface area (Å²) in [5.74, 6) is 0.708. The number of hydrogen-bond donors (Lipinski definition) is 2. The fourth-order valence-electron chi connectivity index (χ4n) is 2.71. The maximum Gasteiger partial charge on any atom is 0.119 e. The Kier molecular flexibility index (Phi) is 11.0. The Labute approximate surface area is 174 Å². The second-order valence-electron chi connectivity index (χ2n) is 6.78. The van der Waals surface area contributed by atoms with E-state index in [1.165, 1.54) is 11.6 Å². The molecule has 5 heteroatoms. The van der Waals surface area contributed by atoms with E-state index < -0.39 is 6.10 Å². The lowest BCUT2D eigenvalue weighted by Crippen LogP contribution is -2.36. The zero-order chi connectivity index (χ0) is 19.5. The standard InChI is InChI=1S/C23H28N2O2.ClH/c1-18(14-15-24)21-10-12-23(13-11-21)27-17-22(26)16-25-19(2)8-9-20-6-4-3-5-7-20;/h3-7,10-14,19,22,25-26H,8-9,16-17H2,1-2H3;1H/b18-14-;. The number of aryl methyl sites for hydroxylation is 1. The van der Waals surface area contributed by atoms with Crippen molar-refractivity contribution in [1.82, 2.24) is 5.32 Å². The Morgan fingerprint density at radius 3 is 2.50 bits per heavy atom. The molecule has 0 fully saturated rings. The number of nitrogens with zero attached hydrogens (tertiary/aromatic N) is 1. The Balaban J connectivity index is 0.00000392. The van der Waals surface area contributed by atoms with Gasteiger partial charge in [-0.05, 0) is 55.5 Å². The van der Waals surface area contributed by atoms with Crippen molar-refractivity contribution in [2.75, 3.05) is 13.2 Å². The van der Waals surface area contributed by atoms with E-state index in [1.807, 2.05) is 43.3 Å². The van der Waals surface area contributed by atoms with Crippen molar-refractivity contribution in [3.8, 4) is 11.8 Å². The van der Waals surface area contributed by atoms with E-state index in [-0.39, 0.29) is 19.0 Å². The van der Waals surface area contributed by atoms with Crippen LogP contribution in [0.4, 0.5) is 0 Å². The number of aliphatic hydroxyl groups excluding tert-OH is 1. The third-order valence-electron chi connectivity index (χ3n) is 4.44. The lowest BCUT2D eigenvalue weighted by Gasteiger charge is -2.18. The van der Waals surface area contributed by atoms with Crippen molar-refractivity contribution < 1.29 is 9.84 Å². The van der Waals surface area contributed by atoms with Gasteiger partial charge < -0.3 is 15.2 Å². The first-order valence-corrected chi connectivity index (χ1v) is 9.33. The Morgan fingerprint density at radius 2 is 1.86 bits per heavy atom. The summed E-state index contributed by atoms with van der Waals surface area (Å²) in [6.45, 7) is 4.77. The molecule has 4 nitrogen and oxygen atoms in total.